The number of aliphatic carboxylic acids is 2. The van der Waals surface area contributed by atoms with Crippen LogP contribution in [0.4, 0.5) is 0 Å². The van der Waals surface area contributed by atoms with Crippen LogP contribution in [0.15, 0.2) is 109 Å². The van der Waals surface area contributed by atoms with E-state index >= 15 is 0 Å². The normalized spacial score (nSPS) is 26.2. The molecule has 200 valence electrons. The largest absolute Gasteiger partial charge is 0.481 e. The van der Waals surface area contributed by atoms with E-state index < -0.39 is 23.8 Å². The average Bonchev–Trinajstić information content (AvgIpc) is 3.59. The number of carbonyl (C=O) groups is 2. The lowest BCUT2D eigenvalue weighted by atomic mass is 9.59. The number of hydrogen-bond donors (Lipinski definition) is 2. The van der Waals surface area contributed by atoms with Gasteiger partial charge in [-0.3, -0.25) is 9.59 Å². The predicted octanol–water partition coefficient (Wildman–Crippen LogP) is 5.69. The second-order valence-corrected chi connectivity index (χ2v) is 11.7. The molecule has 0 radical (unpaired) electrons. The minimum absolute atomic E-state index is 0.105. The van der Waals surface area contributed by atoms with Crippen LogP contribution in [-0.2, 0) is 9.59 Å². The highest BCUT2D eigenvalue weighted by molar-refractivity contribution is 6.10. The van der Waals surface area contributed by atoms with Crippen LogP contribution in [0.2, 0.25) is 0 Å². The Kier molecular flexibility index (Phi) is 5.24. The van der Waals surface area contributed by atoms with E-state index in [-0.39, 0.29) is 23.7 Å². The van der Waals surface area contributed by atoms with E-state index in [9.17, 15) is 19.8 Å². The first-order valence-electron chi connectivity index (χ1n) is 14.3. The fourth-order valence-electron chi connectivity index (χ4n) is 8.82. The summed E-state index contributed by atoms with van der Waals surface area (Å²) in [6.45, 7) is 0. The smallest absolute Gasteiger partial charge is 0.307 e. The van der Waals surface area contributed by atoms with Gasteiger partial charge >= 0.3 is 11.9 Å². The van der Waals surface area contributed by atoms with Crippen molar-refractivity contribution >= 4 is 44.6 Å². The number of benzene rings is 5. The lowest BCUT2D eigenvalue weighted by molar-refractivity contribution is -0.157. The second kappa shape index (κ2) is 8.90. The van der Waals surface area contributed by atoms with Crippen molar-refractivity contribution in [3.05, 3.63) is 131 Å². The zero-order chi connectivity index (χ0) is 27.8. The molecule has 0 aliphatic heterocycles. The summed E-state index contributed by atoms with van der Waals surface area (Å²) in [5.41, 5.74) is 4.49. The highest BCUT2D eigenvalue weighted by atomic mass is 16.4. The van der Waals surface area contributed by atoms with Crippen molar-refractivity contribution in [2.24, 2.45) is 35.5 Å². The molecule has 4 unspecified atom stereocenters. The van der Waals surface area contributed by atoms with Gasteiger partial charge in [-0.15, -0.1) is 0 Å². The van der Waals surface area contributed by atoms with Crippen molar-refractivity contribution in [3.63, 3.8) is 0 Å². The number of hydrogen-bond acceptors (Lipinski definition) is 2. The summed E-state index contributed by atoms with van der Waals surface area (Å²) in [4.78, 5) is 25.5. The van der Waals surface area contributed by atoms with Gasteiger partial charge in [0.05, 0.1) is 11.8 Å². The molecule has 4 heteroatoms. The summed E-state index contributed by atoms with van der Waals surface area (Å²) >= 11 is 0. The molecule has 3 aliphatic rings. The monoisotopic (exact) mass is 536 g/mol. The van der Waals surface area contributed by atoms with E-state index in [0.717, 1.165) is 43.5 Å². The Labute approximate surface area is 236 Å². The van der Waals surface area contributed by atoms with Gasteiger partial charge in [0.2, 0.25) is 0 Å². The molecule has 0 heterocycles. The summed E-state index contributed by atoms with van der Waals surface area (Å²) in [5.74, 6) is -4.56. The van der Waals surface area contributed by atoms with Gasteiger partial charge in [-0.1, -0.05) is 109 Å². The van der Waals surface area contributed by atoms with Crippen LogP contribution in [0, 0.1) is 35.5 Å². The molecule has 0 saturated heterocycles. The predicted molar refractivity (Wildman–Crippen MR) is 159 cm³/mol. The molecule has 3 aliphatic carbocycles. The van der Waals surface area contributed by atoms with Gasteiger partial charge < -0.3 is 10.2 Å². The Bertz CT molecular complexity index is 1860. The van der Waals surface area contributed by atoms with Crippen LogP contribution >= 0.6 is 0 Å². The topological polar surface area (TPSA) is 74.6 Å². The fourth-order valence-corrected chi connectivity index (χ4v) is 8.82. The van der Waals surface area contributed by atoms with Gasteiger partial charge in [0.15, 0.2) is 0 Å². The highest BCUT2D eigenvalue weighted by Crippen LogP contribution is 2.64. The Morgan fingerprint density at radius 1 is 0.488 bits per heavy atom. The summed E-state index contributed by atoms with van der Waals surface area (Å²) in [6, 6.07) is 37.7. The van der Waals surface area contributed by atoms with Crippen molar-refractivity contribution in [1.29, 1.82) is 0 Å². The van der Waals surface area contributed by atoms with Gasteiger partial charge in [0.25, 0.3) is 0 Å². The molecule has 0 amide bonds. The van der Waals surface area contributed by atoms with E-state index in [0.29, 0.717) is 6.42 Å². The maximum atomic E-state index is 12.7. The summed E-state index contributed by atoms with van der Waals surface area (Å²) in [5, 5.41) is 27.8. The minimum atomic E-state index is -0.994. The Balaban J connectivity index is 1.65. The number of carboxylic acids is 2. The van der Waals surface area contributed by atoms with E-state index in [1.807, 2.05) is 36.4 Å². The molecule has 6 atom stereocenters. The van der Waals surface area contributed by atoms with Crippen molar-refractivity contribution in [3.8, 4) is 0 Å². The first-order chi connectivity index (χ1) is 20.1. The summed E-state index contributed by atoms with van der Waals surface area (Å²) < 4.78 is 0. The molecule has 4 nitrogen and oxygen atoms in total. The Morgan fingerprint density at radius 2 is 0.829 bits per heavy atom. The third kappa shape index (κ3) is 3.28. The van der Waals surface area contributed by atoms with Crippen LogP contribution in [0.5, 0.6) is 0 Å². The maximum absolute atomic E-state index is 12.7. The average molecular weight is 537 g/mol. The first kappa shape index (κ1) is 24.1. The molecular formula is C37H28O4. The van der Waals surface area contributed by atoms with Crippen molar-refractivity contribution < 1.29 is 19.8 Å². The fraction of sp³-hybridized carbons (Fsp3) is 0.189. The lowest BCUT2D eigenvalue weighted by Crippen LogP contribution is -2.49. The Morgan fingerprint density at radius 3 is 1.20 bits per heavy atom. The second-order valence-electron chi connectivity index (χ2n) is 11.7. The standard InChI is InChI=1S/C37H28O4/c38-36(39)34-26-19-27(35(34)37(40)41)33-29(21-13-5-2-6-14-21)31-25-18-10-8-16-23(25)22-15-7-9-17-24(22)30(31)28(32(26)33)20-11-3-1-4-12-20/h1-18,26-27,32-35H,19H2,(H,38,39)(H,40,41)/t26?,27?,32?,33?,34-,35-/m1/s1. The molecule has 2 saturated carbocycles. The lowest BCUT2D eigenvalue weighted by Gasteiger charge is -2.43. The zero-order valence-corrected chi connectivity index (χ0v) is 22.3. The van der Waals surface area contributed by atoms with E-state index in [1.54, 1.807) is 0 Å². The van der Waals surface area contributed by atoms with Gasteiger partial charge in [-0.05, 0) is 84.3 Å². The number of carboxylic acid groups (broad SMARTS) is 2. The molecule has 2 bridgehead atoms. The van der Waals surface area contributed by atoms with Crippen molar-refractivity contribution in [2.45, 2.75) is 6.42 Å². The van der Waals surface area contributed by atoms with Gasteiger partial charge in [-0.25, -0.2) is 0 Å². The molecule has 5 aromatic carbocycles. The van der Waals surface area contributed by atoms with E-state index in [4.69, 9.17) is 0 Å². The number of fused-ring (bicyclic) bond motifs is 11. The van der Waals surface area contributed by atoms with Gasteiger partial charge in [0, 0.05) is 0 Å². The molecule has 0 aromatic heterocycles. The summed E-state index contributed by atoms with van der Waals surface area (Å²) in [7, 11) is 0. The van der Waals surface area contributed by atoms with Crippen LogP contribution in [-0.4, -0.2) is 22.2 Å². The highest BCUT2D eigenvalue weighted by Gasteiger charge is 2.64. The maximum Gasteiger partial charge on any atom is 0.307 e. The molecular weight excluding hydrogens is 508 g/mol. The first-order valence-corrected chi connectivity index (χ1v) is 14.3. The van der Waals surface area contributed by atoms with Crippen molar-refractivity contribution in [1.82, 2.24) is 0 Å². The van der Waals surface area contributed by atoms with Crippen molar-refractivity contribution in [2.75, 3.05) is 0 Å². The molecule has 8 rings (SSSR count). The SMILES string of the molecule is O=C(O)[C@@H]1C2CC(C3C(c4ccccc4)=c4c(c5ccccc5c5ccccc45)=C(c4ccccc4)C32)[C@H]1C(=O)O. The Hall–Kier alpha value is -4.70. The third-order valence-electron chi connectivity index (χ3n) is 10.0. The molecule has 2 fully saturated rings. The third-order valence-corrected chi connectivity index (χ3v) is 10.0. The summed E-state index contributed by atoms with van der Waals surface area (Å²) in [6.07, 6.45) is 0.597. The molecule has 2 N–H and O–H groups in total. The van der Waals surface area contributed by atoms with Gasteiger partial charge in [0.1, 0.15) is 0 Å². The van der Waals surface area contributed by atoms with E-state index in [2.05, 4.69) is 72.8 Å². The minimum Gasteiger partial charge on any atom is -0.481 e. The van der Waals surface area contributed by atoms with Crippen LogP contribution < -0.4 is 10.4 Å². The quantitative estimate of drug-likeness (QED) is 0.290. The zero-order valence-electron chi connectivity index (χ0n) is 22.3. The number of rotatable bonds is 4. The van der Waals surface area contributed by atoms with Crippen LogP contribution in [0.3, 0.4) is 0 Å². The molecule has 5 aromatic rings. The van der Waals surface area contributed by atoms with Gasteiger partial charge in [-0.2, -0.15) is 0 Å². The molecule has 41 heavy (non-hydrogen) atoms. The van der Waals surface area contributed by atoms with Crippen LogP contribution in [0.25, 0.3) is 32.7 Å². The van der Waals surface area contributed by atoms with E-state index in [1.165, 1.54) is 10.8 Å². The van der Waals surface area contributed by atoms with Crippen LogP contribution in [0.1, 0.15) is 17.5 Å². The molecule has 0 spiro atoms.